The van der Waals surface area contributed by atoms with Crippen LogP contribution in [-0.4, -0.2) is 129 Å². The molecule has 0 aliphatic carbocycles. The summed E-state index contributed by atoms with van der Waals surface area (Å²) in [7, 11) is 0. The van der Waals surface area contributed by atoms with Crippen molar-refractivity contribution in [2.75, 3.05) is 112 Å². The Morgan fingerprint density at radius 2 is 0.756 bits per heavy atom. The van der Waals surface area contributed by atoms with Gasteiger partial charge in [0.15, 0.2) is 0 Å². The molecule has 0 fully saturated rings. The minimum absolute atomic E-state index is 0.292. The van der Waals surface area contributed by atoms with E-state index in [4.69, 9.17) is 38.3 Å². The molecule has 0 aliphatic heterocycles. The number of amides is 1. The largest absolute Gasteiger partial charge is 0.480 e. The van der Waals surface area contributed by atoms with Crippen LogP contribution in [0.5, 0.6) is 0 Å². The zero-order valence-corrected chi connectivity index (χ0v) is 28.2. The standard InChI is InChI=1S/C33H65NO11/c1-2-3-4-5-6-7-8-9-10-11-12-13-14-16-38-18-20-40-22-24-42-26-28-44-29-27-43-25-23-41-21-19-39-17-15-34-32(35)30-45-31-33(36)37/h2-31H2,1H3,(H,34,35)(H,36,37). The van der Waals surface area contributed by atoms with Gasteiger partial charge in [-0.2, -0.15) is 0 Å². The molecule has 0 spiro atoms. The maximum absolute atomic E-state index is 11.4. The van der Waals surface area contributed by atoms with Crippen LogP contribution in [0.4, 0.5) is 0 Å². The highest BCUT2D eigenvalue weighted by atomic mass is 16.6. The van der Waals surface area contributed by atoms with Crippen LogP contribution in [0.3, 0.4) is 0 Å². The molecule has 0 radical (unpaired) electrons. The highest BCUT2D eigenvalue weighted by Crippen LogP contribution is 2.12. The average molecular weight is 652 g/mol. The third-order valence-electron chi connectivity index (χ3n) is 6.65. The summed E-state index contributed by atoms with van der Waals surface area (Å²) in [5.74, 6) is -1.50. The van der Waals surface area contributed by atoms with Crippen LogP contribution < -0.4 is 5.32 Å². The highest BCUT2D eigenvalue weighted by Gasteiger charge is 2.03. The fourth-order valence-corrected chi connectivity index (χ4v) is 4.19. The van der Waals surface area contributed by atoms with Crippen molar-refractivity contribution in [3.63, 3.8) is 0 Å². The number of ether oxygens (including phenoxy) is 8. The monoisotopic (exact) mass is 651 g/mol. The van der Waals surface area contributed by atoms with Gasteiger partial charge in [-0.25, -0.2) is 4.79 Å². The molecule has 45 heavy (non-hydrogen) atoms. The molecule has 1 amide bonds. The van der Waals surface area contributed by atoms with Gasteiger partial charge in [0.2, 0.25) is 5.91 Å². The summed E-state index contributed by atoms with van der Waals surface area (Å²) in [5.41, 5.74) is 0. The highest BCUT2D eigenvalue weighted by molar-refractivity contribution is 5.77. The van der Waals surface area contributed by atoms with Gasteiger partial charge in [0.25, 0.3) is 0 Å². The molecule has 268 valence electrons. The summed E-state index contributed by atoms with van der Waals surface area (Å²) in [6, 6.07) is 0. The second-order valence-electron chi connectivity index (χ2n) is 10.8. The molecule has 0 aromatic carbocycles. The number of hydrogen-bond acceptors (Lipinski definition) is 10. The molecule has 0 atom stereocenters. The molecule has 0 bridgehead atoms. The van der Waals surface area contributed by atoms with Crippen molar-refractivity contribution in [1.29, 1.82) is 0 Å². The number of aliphatic carboxylic acids is 1. The van der Waals surface area contributed by atoms with E-state index in [1.165, 1.54) is 77.0 Å². The lowest BCUT2D eigenvalue weighted by molar-refractivity contribution is -0.143. The lowest BCUT2D eigenvalue weighted by atomic mass is 10.0. The summed E-state index contributed by atoms with van der Waals surface area (Å²) in [6.45, 7) is 9.01. The first-order valence-electron chi connectivity index (χ1n) is 17.3. The Kier molecular flexibility index (Phi) is 37.6. The molecule has 12 heteroatoms. The van der Waals surface area contributed by atoms with E-state index in [2.05, 4.69) is 17.0 Å². The van der Waals surface area contributed by atoms with Crippen LogP contribution in [0.25, 0.3) is 0 Å². The Morgan fingerprint density at radius 3 is 1.13 bits per heavy atom. The van der Waals surface area contributed by atoms with Gasteiger partial charge in [-0.3, -0.25) is 4.79 Å². The molecule has 0 unspecified atom stereocenters. The van der Waals surface area contributed by atoms with Gasteiger partial charge < -0.3 is 48.3 Å². The van der Waals surface area contributed by atoms with Crippen LogP contribution in [0.15, 0.2) is 0 Å². The van der Waals surface area contributed by atoms with E-state index in [0.29, 0.717) is 92.4 Å². The van der Waals surface area contributed by atoms with Gasteiger partial charge in [0, 0.05) is 13.2 Å². The number of carbonyl (C=O) groups is 2. The number of nitrogens with one attached hydrogen (secondary N) is 1. The quantitative estimate of drug-likeness (QED) is 0.0914. The number of hydrogen-bond donors (Lipinski definition) is 2. The number of carboxylic acids is 1. The summed E-state index contributed by atoms with van der Waals surface area (Å²) in [6.07, 6.45) is 17.7. The predicted molar refractivity (Wildman–Crippen MR) is 173 cm³/mol. The number of rotatable bonds is 39. The summed E-state index contributed by atoms with van der Waals surface area (Å²) < 4.78 is 43.0. The fourth-order valence-electron chi connectivity index (χ4n) is 4.19. The third kappa shape index (κ3) is 40.6. The number of carboxylic acid groups (broad SMARTS) is 1. The second kappa shape index (κ2) is 38.8. The summed E-state index contributed by atoms with van der Waals surface area (Å²) in [4.78, 5) is 21.6. The molecule has 0 heterocycles. The smallest absolute Gasteiger partial charge is 0.329 e. The van der Waals surface area contributed by atoms with Crippen LogP contribution in [-0.2, 0) is 47.5 Å². The van der Waals surface area contributed by atoms with E-state index in [0.717, 1.165) is 13.0 Å². The first-order valence-corrected chi connectivity index (χ1v) is 17.3. The van der Waals surface area contributed by atoms with Crippen LogP contribution in [0.1, 0.15) is 90.4 Å². The van der Waals surface area contributed by atoms with Crippen molar-refractivity contribution in [1.82, 2.24) is 5.32 Å². The van der Waals surface area contributed by atoms with Crippen molar-refractivity contribution in [3.8, 4) is 0 Å². The normalized spacial score (nSPS) is 11.3. The van der Waals surface area contributed by atoms with Crippen LogP contribution >= 0.6 is 0 Å². The molecule has 0 saturated heterocycles. The van der Waals surface area contributed by atoms with E-state index in [1.807, 2.05) is 0 Å². The van der Waals surface area contributed by atoms with Crippen molar-refractivity contribution in [2.45, 2.75) is 90.4 Å². The SMILES string of the molecule is CCCCCCCCCCCCCCCOCCOCCOCCOCCOCCOCCOCCNC(=O)COCC(=O)O. The Bertz CT molecular complexity index is 613. The maximum atomic E-state index is 11.4. The maximum Gasteiger partial charge on any atom is 0.329 e. The second-order valence-corrected chi connectivity index (χ2v) is 10.8. The summed E-state index contributed by atoms with van der Waals surface area (Å²) in [5, 5.41) is 11.0. The lowest BCUT2D eigenvalue weighted by Gasteiger charge is -2.09. The molecule has 0 saturated carbocycles. The van der Waals surface area contributed by atoms with E-state index in [9.17, 15) is 9.59 Å². The van der Waals surface area contributed by atoms with Crippen LogP contribution in [0.2, 0.25) is 0 Å². The zero-order valence-electron chi connectivity index (χ0n) is 28.2. The molecular formula is C33H65NO11. The van der Waals surface area contributed by atoms with Gasteiger partial charge >= 0.3 is 5.97 Å². The fraction of sp³-hybridized carbons (Fsp3) is 0.939. The molecule has 0 aromatic heterocycles. The minimum atomic E-state index is -1.12. The van der Waals surface area contributed by atoms with Crippen molar-refractivity contribution in [3.05, 3.63) is 0 Å². The van der Waals surface area contributed by atoms with Crippen molar-refractivity contribution >= 4 is 11.9 Å². The first-order chi connectivity index (χ1) is 22.2. The van der Waals surface area contributed by atoms with Gasteiger partial charge in [-0.05, 0) is 6.42 Å². The molecular weight excluding hydrogens is 586 g/mol. The van der Waals surface area contributed by atoms with E-state index in [-0.39, 0.29) is 12.5 Å². The third-order valence-corrected chi connectivity index (χ3v) is 6.65. The topological polar surface area (TPSA) is 140 Å². The summed E-state index contributed by atoms with van der Waals surface area (Å²) >= 11 is 0. The zero-order chi connectivity index (χ0) is 32.7. The molecule has 0 aromatic rings. The van der Waals surface area contributed by atoms with Crippen LogP contribution in [0, 0.1) is 0 Å². The Hall–Kier alpha value is -1.38. The number of unbranched alkanes of at least 4 members (excludes halogenated alkanes) is 12. The lowest BCUT2D eigenvalue weighted by Crippen LogP contribution is -2.31. The van der Waals surface area contributed by atoms with Gasteiger partial charge in [0.05, 0.1) is 85.9 Å². The van der Waals surface area contributed by atoms with E-state index < -0.39 is 12.6 Å². The van der Waals surface area contributed by atoms with Gasteiger partial charge in [-0.15, -0.1) is 0 Å². The van der Waals surface area contributed by atoms with Crippen molar-refractivity contribution < 1.29 is 52.6 Å². The molecule has 2 N–H and O–H groups in total. The van der Waals surface area contributed by atoms with E-state index in [1.54, 1.807) is 0 Å². The van der Waals surface area contributed by atoms with E-state index >= 15 is 0 Å². The first kappa shape index (κ1) is 43.6. The van der Waals surface area contributed by atoms with Gasteiger partial charge in [0.1, 0.15) is 13.2 Å². The Morgan fingerprint density at radius 1 is 0.422 bits per heavy atom. The predicted octanol–water partition coefficient (Wildman–Crippen LogP) is 4.41. The minimum Gasteiger partial charge on any atom is -0.480 e. The Balaban J connectivity index is 3.08. The average Bonchev–Trinajstić information content (AvgIpc) is 3.02. The molecule has 0 rings (SSSR count). The van der Waals surface area contributed by atoms with Gasteiger partial charge in [-0.1, -0.05) is 84.0 Å². The van der Waals surface area contributed by atoms with Crippen molar-refractivity contribution in [2.24, 2.45) is 0 Å². The number of carbonyl (C=O) groups excluding carboxylic acids is 1. The molecule has 12 nitrogen and oxygen atoms in total. The molecule has 0 aliphatic rings. The Labute approximate surface area is 272 Å².